The summed E-state index contributed by atoms with van der Waals surface area (Å²) in [5.74, 6) is 0.318. The fourth-order valence-corrected chi connectivity index (χ4v) is 7.48. The molecule has 7 aromatic rings. The predicted octanol–water partition coefficient (Wildman–Crippen LogP) is 10.4. The lowest BCUT2D eigenvalue weighted by Gasteiger charge is -2.22. The number of rotatable bonds is 4. The van der Waals surface area contributed by atoms with E-state index in [-0.39, 0.29) is 22.3 Å². The molecule has 7 rings (SSSR count). The van der Waals surface area contributed by atoms with Crippen LogP contribution in [-0.4, -0.2) is 30.1 Å². The number of phenolic OH excluding ortho intramolecular Hbond substituents is 2. The van der Waals surface area contributed by atoms with Crippen LogP contribution in [0.2, 0.25) is 0 Å². The van der Waals surface area contributed by atoms with Gasteiger partial charge in [0.1, 0.15) is 32.5 Å². The molecule has 230 valence electrons. The highest BCUT2D eigenvalue weighted by atomic mass is 32.1. The first kappa shape index (κ1) is 30.0. The van der Waals surface area contributed by atoms with Crippen molar-refractivity contribution in [3.8, 4) is 55.2 Å². The van der Waals surface area contributed by atoms with E-state index in [1.807, 2.05) is 60.7 Å². The monoisotopic (exact) mass is 642 g/mol. The quantitative estimate of drug-likeness (QED) is 0.198. The van der Waals surface area contributed by atoms with E-state index in [2.05, 4.69) is 63.6 Å². The highest BCUT2D eigenvalue weighted by Gasteiger charge is 2.25. The summed E-state index contributed by atoms with van der Waals surface area (Å²) in [7, 11) is 0. The van der Waals surface area contributed by atoms with Crippen molar-refractivity contribution in [3.05, 3.63) is 96.3 Å². The minimum atomic E-state index is -0.155. The molecule has 0 aliphatic rings. The smallest absolute Gasteiger partial charge is 0.135 e. The first-order valence-corrected chi connectivity index (χ1v) is 16.8. The van der Waals surface area contributed by atoms with Crippen LogP contribution >= 0.6 is 22.7 Å². The Morgan fingerprint density at radius 2 is 0.913 bits per heavy atom. The van der Waals surface area contributed by atoms with Crippen LogP contribution in [0, 0.1) is 0 Å². The maximum atomic E-state index is 11.6. The third kappa shape index (κ3) is 5.31. The Bertz CT molecular complexity index is 2080. The highest BCUT2D eigenvalue weighted by Crippen LogP contribution is 2.47. The molecule has 8 heteroatoms. The second-order valence-corrected chi connectivity index (χ2v) is 15.6. The van der Waals surface area contributed by atoms with Crippen molar-refractivity contribution in [1.29, 1.82) is 0 Å². The molecule has 46 heavy (non-hydrogen) atoms. The molecule has 0 bridgehead atoms. The number of fused-ring (bicyclic) bond motifs is 3. The van der Waals surface area contributed by atoms with E-state index in [4.69, 9.17) is 9.97 Å². The third-order valence-electron chi connectivity index (χ3n) is 8.21. The summed E-state index contributed by atoms with van der Waals surface area (Å²) in [6.45, 7) is 13.0. The van der Waals surface area contributed by atoms with Gasteiger partial charge in [0.25, 0.3) is 0 Å². The minimum Gasteiger partial charge on any atom is -0.507 e. The molecule has 0 spiro atoms. The molecule has 0 aliphatic carbocycles. The second kappa shape index (κ2) is 11.0. The van der Waals surface area contributed by atoms with Crippen LogP contribution in [-0.2, 0) is 10.8 Å². The van der Waals surface area contributed by atoms with E-state index < -0.39 is 0 Å². The third-order valence-corrected chi connectivity index (χ3v) is 10.3. The topological polar surface area (TPSA) is 92.0 Å². The fourth-order valence-electron chi connectivity index (χ4n) is 5.51. The number of nitrogens with zero attached hydrogens (tertiary/aromatic N) is 4. The van der Waals surface area contributed by atoms with Crippen molar-refractivity contribution < 1.29 is 10.2 Å². The van der Waals surface area contributed by atoms with Gasteiger partial charge in [-0.3, -0.25) is 9.97 Å². The van der Waals surface area contributed by atoms with Gasteiger partial charge in [0, 0.05) is 23.5 Å². The number of hydrogen-bond acceptors (Lipinski definition) is 8. The molecule has 0 aliphatic heterocycles. The zero-order valence-electron chi connectivity index (χ0n) is 26.6. The molecule has 0 atom stereocenters. The van der Waals surface area contributed by atoms with Gasteiger partial charge in [-0.15, -0.1) is 22.7 Å². The standard InChI is InChI=1S/C38H34N4O2S2/c1-37(2,3)21-17-23(27-11-7-9-15-39-27)33(43)25(19-21)35-41-31-29(45-35)13-14-30-32(31)42-36(46-30)26-20-22(38(4,5)6)18-24(34(26)44)28-12-8-10-16-40-28/h7-20,43-44H,1-6H3. The summed E-state index contributed by atoms with van der Waals surface area (Å²) in [6, 6.07) is 23.7. The van der Waals surface area contributed by atoms with Crippen molar-refractivity contribution in [3.63, 3.8) is 0 Å². The highest BCUT2D eigenvalue weighted by molar-refractivity contribution is 7.23. The van der Waals surface area contributed by atoms with Crippen molar-refractivity contribution in [2.24, 2.45) is 0 Å². The molecular weight excluding hydrogens is 609 g/mol. The summed E-state index contributed by atoms with van der Waals surface area (Å²) < 4.78 is 1.95. The molecule has 0 fully saturated rings. The average molecular weight is 643 g/mol. The van der Waals surface area contributed by atoms with Crippen molar-refractivity contribution >= 4 is 43.1 Å². The molecule has 0 unspecified atom stereocenters. The largest absolute Gasteiger partial charge is 0.507 e. The summed E-state index contributed by atoms with van der Waals surface area (Å²) in [6.07, 6.45) is 3.47. The zero-order valence-corrected chi connectivity index (χ0v) is 28.2. The maximum Gasteiger partial charge on any atom is 0.135 e. The van der Waals surface area contributed by atoms with Gasteiger partial charge in [-0.25, -0.2) is 9.97 Å². The lowest BCUT2D eigenvalue weighted by Crippen LogP contribution is -2.11. The normalized spacial score (nSPS) is 12.3. The van der Waals surface area contributed by atoms with Crippen molar-refractivity contribution in [2.45, 2.75) is 52.4 Å². The average Bonchev–Trinajstić information content (AvgIpc) is 3.65. The number of thiazole rings is 2. The van der Waals surface area contributed by atoms with E-state index in [1.165, 1.54) is 22.7 Å². The van der Waals surface area contributed by atoms with Gasteiger partial charge in [0.15, 0.2) is 0 Å². The number of aromatic hydroxyl groups is 2. The molecule has 0 amide bonds. The van der Waals surface area contributed by atoms with Crippen LogP contribution < -0.4 is 0 Å². The molecule has 0 saturated carbocycles. The molecule has 6 nitrogen and oxygen atoms in total. The van der Waals surface area contributed by atoms with Crippen LogP contribution in [0.5, 0.6) is 11.5 Å². The van der Waals surface area contributed by atoms with E-state index >= 15 is 0 Å². The van der Waals surface area contributed by atoms with E-state index in [1.54, 1.807) is 12.4 Å². The number of hydrogen-bond donors (Lipinski definition) is 2. The van der Waals surface area contributed by atoms with Gasteiger partial charge in [-0.05, 0) is 82.6 Å². The van der Waals surface area contributed by atoms with Gasteiger partial charge in [-0.2, -0.15) is 0 Å². The minimum absolute atomic E-state index is 0.155. The van der Waals surface area contributed by atoms with Crippen molar-refractivity contribution in [1.82, 2.24) is 19.9 Å². The molecule has 0 radical (unpaired) electrons. The van der Waals surface area contributed by atoms with Crippen LogP contribution in [0.15, 0.2) is 85.2 Å². The molecule has 3 aromatic carbocycles. The Morgan fingerprint density at radius 1 is 0.522 bits per heavy atom. The lowest BCUT2D eigenvalue weighted by atomic mass is 9.84. The number of phenols is 2. The van der Waals surface area contributed by atoms with Gasteiger partial charge in [0.05, 0.1) is 31.9 Å². The first-order valence-electron chi connectivity index (χ1n) is 15.2. The Kier molecular flexibility index (Phi) is 7.18. The van der Waals surface area contributed by atoms with Gasteiger partial charge < -0.3 is 10.2 Å². The van der Waals surface area contributed by atoms with Gasteiger partial charge >= 0.3 is 0 Å². The first-order chi connectivity index (χ1) is 21.9. The molecule has 4 heterocycles. The SMILES string of the molecule is CC(C)(C)c1cc(-c2ccccn2)c(O)c(-c2nc3c(ccc4sc(-c5cc(C(C)(C)C)cc(-c6ccccn6)c5O)nc43)s2)c1. The molecule has 0 saturated heterocycles. The molecule has 2 N–H and O–H groups in total. The Balaban J connectivity index is 1.41. The Hall–Kier alpha value is -4.66. The predicted molar refractivity (Wildman–Crippen MR) is 191 cm³/mol. The van der Waals surface area contributed by atoms with Crippen LogP contribution in [0.3, 0.4) is 0 Å². The zero-order chi connectivity index (χ0) is 32.4. The Morgan fingerprint density at radius 3 is 1.26 bits per heavy atom. The van der Waals surface area contributed by atoms with E-state index in [0.717, 1.165) is 31.6 Å². The van der Waals surface area contributed by atoms with Gasteiger partial charge in [-0.1, -0.05) is 53.7 Å². The fraction of sp³-hybridized carbons (Fsp3) is 0.211. The van der Waals surface area contributed by atoms with Crippen LogP contribution in [0.25, 0.3) is 64.1 Å². The Labute approximate surface area is 276 Å². The van der Waals surface area contributed by atoms with Gasteiger partial charge in [0.2, 0.25) is 0 Å². The molecule has 4 aromatic heterocycles. The summed E-state index contributed by atoms with van der Waals surface area (Å²) >= 11 is 3.06. The molecular formula is C38H34N4O2S2. The van der Waals surface area contributed by atoms with Crippen LogP contribution in [0.4, 0.5) is 0 Å². The summed E-state index contributed by atoms with van der Waals surface area (Å²) in [5.41, 5.74) is 7.54. The number of benzene rings is 3. The van der Waals surface area contributed by atoms with E-state index in [9.17, 15) is 10.2 Å². The van der Waals surface area contributed by atoms with Crippen molar-refractivity contribution in [2.75, 3.05) is 0 Å². The summed E-state index contributed by atoms with van der Waals surface area (Å²) in [5, 5.41) is 24.6. The maximum absolute atomic E-state index is 11.6. The van der Waals surface area contributed by atoms with E-state index in [0.29, 0.717) is 43.7 Å². The summed E-state index contributed by atoms with van der Waals surface area (Å²) in [4.78, 5) is 19.2. The lowest BCUT2D eigenvalue weighted by molar-refractivity contribution is 0.477. The van der Waals surface area contributed by atoms with Crippen LogP contribution in [0.1, 0.15) is 52.7 Å². The number of pyridine rings is 2. The second-order valence-electron chi connectivity index (χ2n) is 13.6. The number of aromatic nitrogens is 4.